The number of carbonyl (C=O) groups excluding carboxylic acids is 1. The van der Waals surface area contributed by atoms with Gasteiger partial charge in [0.05, 0.1) is 0 Å². The minimum atomic E-state index is 0.127. The van der Waals surface area contributed by atoms with Crippen molar-refractivity contribution in [3.63, 3.8) is 0 Å². The van der Waals surface area contributed by atoms with E-state index in [1.165, 1.54) is 0 Å². The smallest absolute Gasteiger partial charge is 0.194 e. The van der Waals surface area contributed by atoms with Crippen LogP contribution >= 0.6 is 0 Å². The van der Waals surface area contributed by atoms with Crippen molar-refractivity contribution in [1.29, 1.82) is 0 Å². The first-order valence-corrected chi connectivity index (χ1v) is 3.44. The number of hydrogen-bond donors (Lipinski definition) is 0. The second-order valence-corrected chi connectivity index (χ2v) is 2.58. The molecular formula is C9H6O2. The Bertz CT molecular complexity index is 419. The lowest BCUT2D eigenvalue weighted by Gasteiger charge is -1.87. The third kappa shape index (κ3) is 0.871. The van der Waals surface area contributed by atoms with E-state index in [4.69, 9.17) is 0 Å². The Morgan fingerprint density at radius 1 is 1.27 bits per heavy atom. The predicted molar refractivity (Wildman–Crippen MR) is 42.4 cm³/mol. The van der Waals surface area contributed by atoms with Gasteiger partial charge in [-0.25, -0.2) is 0 Å². The summed E-state index contributed by atoms with van der Waals surface area (Å²) in [5.41, 5.74) is 1.05. The summed E-state index contributed by atoms with van der Waals surface area (Å²) in [5, 5.41) is 1.59. The van der Waals surface area contributed by atoms with Crippen LogP contribution in [0.5, 0.6) is 0 Å². The zero-order valence-corrected chi connectivity index (χ0v) is 5.83. The Kier molecular flexibility index (Phi) is 1.15. The molecule has 0 atom stereocenters. The number of carbonyl (C=O) groups is 1. The summed E-state index contributed by atoms with van der Waals surface area (Å²) < 4.78 is 0. The Morgan fingerprint density at radius 2 is 2.09 bits per heavy atom. The fourth-order valence-corrected chi connectivity index (χ4v) is 1.15. The van der Waals surface area contributed by atoms with E-state index in [1.807, 2.05) is 6.07 Å². The van der Waals surface area contributed by atoms with Gasteiger partial charge in [0.2, 0.25) is 0 Å². The average molecular weight is 146 g/mol. The van der Waals surface area contributed by atoms with Crippen LogP contribution in [0, 0.1) is 0 Å². The van der Waals surface area contributed by atoms with Crippen LogP contribution in [-0.4, -0.2) is 6.29 Å². The minimum absolute atomic E-state index is 0.127. The molecule has 54 valence electrons. The molecule has 2 rings (SSSR count). The van der Waals surface area contributed by atoms with E-state index in [-0.39, 0.29) is 5.43 Å². The predicted octanol–water partition coefficient (Wildman–Crippen LogP) is 0.817. The molecule has 0 aliphatic carbocycles. The van der Waals surface area contributed by atoms with E-state index in [2.05, 4.69) is 0 Å². The molecular weight excluding hydrogens is 140 g/mol. The monoisotopic (exact) mass is 146 g/mol. The maximum atomic E-state index is 10.8. The summed E-state index contributed by atoms with van der Waals surface area (Å²) >= 11 is 0. The fraction of sp³-hybridized carbons (Fsp3) is 0.111. The van der Waals surface area contributed by atoms with Crippen LogP contribution in [0.15, 0.2) is 23.0 Å². The van der Waals surface area contributed by atoms with Gasteiger partial charge in [-0.2, -0.15) is 0 Å². The Labute approximate surface area is 63.1 Å². The van der Waals surface area contributed by atoms with E-state index < -0.39 is 0 Å². The van der Waals surface area contributed by atoms with Crippen LogP contribution in [0.3, 0.4) is 0 Å². The number of benzene rings is 1. The number of aldehydes is 1. The summed E-state index contributed by atoms with van der Waals surface area (Å²) in [6.07, 6.45) is 1.25. The quantitative estimate of drug-likeness (QED) is 0.588. The molecule has 0 aromatic heterocycles. The maximum absolute atomic E-state index is 10.8. The Hall–Kier alpha value is -1.44. The lowest BCUT2D eigenvalue weighted by Crippen LogP contribution is -1.81. The molecule has 2 aromatic carbocycles. The zero-order valence-electron chi connectivity index (χ0n) is 5.83. The van der Waals surface area contributed by atoms with Crippen LogP contribution in [-0.2, 0) is 11.2 Å². The van der Waals surface area contributed by atoms with E-state index in [0.29, 0.717) is 6.42 Å². The van der Waals surface area contributed by atoms with Crippen LogP contribution < -0.4 is 5.43 Å². The molecule has 0 radical (unpaired) electrons. The van der Waals surface area contributed by atoms with Crippen LogP contribution in [0.1, 0.15) is 5.56 Å². The van der Waals surface area contributed by atoms with Gasteiger partial charge in [0.1, 0.15) is 6.29 Å². The van der Waals surface area contributed by atoms with Gasteiger partial charge in [-0.05, 0) is 11.6 Å². The van der Waals surface area contributed by atoms with Gasteiger partial charge >= 0.3 is 0 Å². The number of hydrogen-bond acceptors (Lipinski definition) is 2. The molecule has 0 aliphatic heterocycles. The van der Waals surface area contributed by atoms with Crippen molar-refractivity contribution in [2.45, 2.75) is 6.42 Å². The normalized spacial score (nSPS) is 10.9. The lowest BCUT2D eigenvalue weighted by molar-refractivity contribution is -0.107. The number of rotatable bonds is 2. The SMILES string of the molecule is O=CCc1ccc2c(=O)c2c1. The summed E-state index contributed by atoms with van der Waals surface area (Å²) in [7, 11) is 0. The van der Waals surface area contributed by atoms with Crippen molar-refractivity contribution >= 4 is 17.1 Å². The molecule has 0 aliphatic rings. The number of fused-ring (bicyclic) bond motifs is 1. The van der Waals surface area contributed by atoms with Crippen molar-refractivity contribution in [3.05, 3.63) is 34.0 Å². The van der Waals surface area contributed by atoms with E-state index in [0.717, 1.165) is 22.6 Å². The highest BCUT2D eigenvalue weighted by Gasteiger charge is 2.10. The van der Waals surface area contributed by atoms with Gasteiger partial charge in [0.15, 0.2) is 5.43 Å². The van der Waals surface area contributed by atoms with E-state index >= 15 is 0 Å². The molecule has 0 fully saturated rings. The molecule has 0 amide bonds. The van der Waals surface area contributed by atoms with Crippen molar-refractivity contribution in [2.75, 3.05) is 0 Å². The van der Waals surface area contributed by atoms with Crippen molar-refractivity contribution in [2.24, 2.45) is 0 Å². The second-order valence-electron chi connectivity index (χ2n) is 2.58. The van der Waals surface area contributed by atoms with Crippen LogP contribution in [0.25, 0.3) is 10.8 Å². The van der Waals surface area contributed by atoms with Gasteiger partial charge in [-0.15, -0.1) is 0 Å². The molecule has 11 heavy (non-hydrogen) atoms. The minimum Gasteiger partial charge on any atom is -0.303 e. The third-order valence-corrected chi connectivity index (χ3v) is 1.83. The zero-order chi connectivity index (χ0) is 7.84. The molecule has 2 nitrogen and oxygen atoms in total. The first-order valence-electron chi connectivity index (χ1n) is 3.44. The molecule has 0 spiro atoms. The summed E-state index contributed by atoms with van der Waals surface area (Å²) in [5.74, 6) is 0. The van der Waals surface area contributed by atoms with Crippen molar-refractivity contribution < 1.29 is 4.79 Å². The van der Waals surface area contributed by atoms with Crippen LogP contribution in [0.4, 0.5) is 0 Å². The fourth-order valence-electron chi connectivity index (χ4n) is 1.15. The molecule has 0 N–H and O–H groups in total. The first kappa shape index (κ1) is 6.28. The van der Waals surface area contributed by atoms with Gasteiger partial charge in [-0.1, -0.05) is 12.1 Å². The van der Waals surface area contributed by atoms with Gasteiger partial charge < -0.3 is 4.79 Å². The van der Waals surface area contributed by atoms with Crippen molar-refractivity contribution in [3.8, 4) is 0 Å². The largest absolute Gasteiger partial charge is 0.303 e. The molecule has 2 heteroatoms. The van der Waals surface area contributed by atoms with E-state index in [1.54, 1.807) is 12.1 Å². The lowest BCUT2D eigenvalue weighted by atomic mass is 10.2. The topological polar surface area (TPSA) is 34.1 Å². The average Bonchev–Trinajstić information content (AvgIpc) is 2.63. The standard InChI is InChI=1S/C9H6O2/c10-4-3-6-1-2-7-8(5-6)9(7)11/h1-2,4-5H,3H2. The van der Waals surface area contributed by atoms with Crippen molar-refractivity contribution in [1.82, 2.24) is 0 Å². The highest BCUT2D eigenvalue weighted by Crippen LogP contribution is 2.15. The Balaban J connectivity index is 2.48. The third-order valence-electron chi connectivity index (χ3n) is 1.83. The molecule has 2 aromatic rings. The molecule has 0 unspecified atom stereocenters. The highest BCUT2D eigenvalue weighted by molar-refractivity contribution is 5.97. The van der Waals surface area contributed by atoms with Gasteiger partial charge in [0, 0.05) is 17.2 Å². The first-order chi connectivity index (χ1) is 5.33. The van der Waals surface area contributed by atoms with Gasteiger partial charge in [0.25, 0.3) is 0 Å². The Morgan fingerprint density at radius 3 is 2.73 bits per heavy atom. The highest BCUT2D eigenvalue weighted by atomic mass is 16.1. The van der Waals surface area contributed by atoms with Gasteiger partial charge in [-0.3, -0.25) is 4.79 Å². The molecule has 0 saturated heterocycles. The molecule has 0 saturated carbocycles. The summed E-state index contributed by atoms with van der Waals surface area (Å²) in [4.78, 5) is 20.9. The molecule has 0 heterocycles. The maximum Gasteiger partial charge on any atom is 0.194 e. The summed E-state index contributed by atoms with van der Waals surface area (Å²) in [6, 6.07) is 5.38. The molecule has 0 bridgehead atoms. The van der Waals surface area contributed by atoms with Crippen LogP contribution in [0.2, 0.25) is 0 Å². The summed E-state index contributed by atoms with van der Waals surface area (Å²) in [6.45, 7) is 0. The second kappa shape index (κ2) is 2.02. The van der Waals surface area contributed by atoms with E-state index in [9.17, 15) is 9.59 Å².